The van der Waals surface area contributed by atoms with Crippen molar-refractivity contribution in [2.45, 2.75) is 26.2 Å². The maximum atomic E-state index is 12.2. The fourth-order valence-corrected chi connectivity index (χ4v) is 2.36. The van der Waals surface area contributed by atoms with Gasteiger partial charge in [0.05, 0.1) is 20.4 Å². The number of amides is 1. The number of carbonyl (C=O) groups excluding carboxylic acids is 1. The molecule has 25 heavy (non-hydrogen) atoms. The van der Waals surface area contributed by atoms with Crippen LogP contribution in [-0.2, 0) is 5.41 Å². The van der Waals surface area contributed by atoms with Crippen LogP contribution in [0.15, 0.2) is 47.6 Å². The van der Waals surface area contributed by atoms with Crippen LogP contribution >= 0.6 is 0 Å². The molecule has 0 spiro atoms. The number of nitrogens with zero attached hydrogens (tertiary/aromatic N) is 1. The number of rotatable bonds is 5. The first kappa shape index (κ1) is 18.5. The van der Waals surface area contributed by atoms with E-state index in [2.05, 4.69) is 31.3 Å². The maximum Gasteiger partial charge on any atom is 0.271 e. The van der Waals surface area contributed by atoms with Gasteiger partial charge in [0.25, 0.3) is 5.91 Å². The minimum Gasteiger partial charge on any atom is -0.493 e. The van der Waals surface area contributed by atoms with Crippen molar-refractivity contribution in [2.24, 2.45) is 5.10 Å². The summed E-state index contributed by atoms with van der Waals surface area (Å²) in [5.41, 5.74) is 5.03. The fraction of sp³-hybridized carbons (Fsp3) is 0.300. The molecule has 0 atom stereocenters. The molecule has 0 unspecified atom stereocenters. The largest absolute Gasteiger partial charge is 0.493 e. The van der Waals surface area contributed by atoms with Crippen molar-refractivity contribution in [1.29, 1.82) is 0 Å². The van der Waals surface area contributed by atoms with Gasteiger partial charge in [-0.1, -0.05) is 39.0 Å². The first-order valence-corrected chi connectivity index (χ1v) is 8.01. The Balaban J connectivity index is 2.08. The Hall–Kier alpha value is -2.82. The monoisotopic (exact) mass is 340 g/mol. The molecule has 0 aliphatic carbocycles. The summed E-state index contributed by atoms with van der Waals surface area (Å²) in [6, 6.07) is 13.0. The van der Waals surface area contributed by atoms with Crippen LogP contribution in [0.4, 0.5) is 0 Å². The number of hydrogen-bond acceptors (Lipinski definition) is 4. The highest BCUT2D eigenvalue weighted by atomic mass is 16.5. The van der Waals surface area contributed by atoms with Gasteiger partial charge in [-0.15, -0.1) is 0 Å². The molecule has 5 nitrogen and oxygen atoms in total. The van der Waals surface area contributed by atoms with Crippen LogP contribution in [0.1, 0.15) is 42.3 Å². The summed E-state index contributed by atoms with van der Waals surface area (Å²) < 4.78 is 10.6. The van der Waals surface area contributed by atoms with E-state index in [1.807, 2.05) is 24.3 Å². The van der Waals surface area contributed by atoms with E-state index in [1.165, 1.54) is 11.8 Å². The van der Waals surface area contributed by atoms with E-state index < -0.39 is 0 Å². The molecule has 132 valence electrons. The number of methoxy groups -OCH3 is 2. The molecule has 1 N–H and O–H groups in total. The molecular weight excluding hydrogens is 316 g/mol. The molecule has 2 rings (SSSR count). The van der Waals surface area contributed by atoms with Gasteiger partial charge >= 0.3 is 0 Å². The second kappa shape index (κ2) is 7.83. The molecule has 0 aliphatic heterocycles. The van der Waals surface area contributed by atoms with Crippen molar-refractivity contribution in [1.82, 2.24) is 5.43 Å². The molecule has 0 fully saturated rings. The van der Waals surface area contributed by atoms with Crippen LogP contribution in [0, 0.1) is 0 Å². The predicted molar refractivity (Wildman–Crippen MR) is 99.7 cm³/mol. The summed E-state index contributed by atoms with van der Waals surface area (Å²) in [6.07, 6.45) is 1.53. The predicted octanol–water partition coefficient (Wildman–Crippen LogP) is 3.77. The number of ether oxygens (including phenoxy) is 2. The van der Waals surface area contributed by atoms with Gasteiger partial charge < -0.3 is 9.47 Å². The van der Waals surface area contributed by atoms with Crippen molar-refractivity contribution < 1.29 is 14.3 Å². The van der Waals surface area contributed by atoms with E-state index in [9.17, 15) is 4.79 Å². The number of hydrazone groups is 1. The normalized spacial score (nSPS) is 11.4. The van der Waals surface area contributed by atoms with Crippen molar-refractivity contribution in [2.75, 3.05) is 14.2 Å². The lowest BCUT2D eigenvalue weighted by Crippen LogP contribution is -2.18. The summed E-state index contributed by atoms with van der Waals surface area (Å²) >= 11 is 0. The van der Waals surface area contributed by atoms with Crippen molar-refractivity contribution in [3.63, 3.8) is 0 Å². The fourth-order valence-electron chi connectivity index (χ4n) is 2.36. The topological polar surface area (TPSA) is 59.9 Å². The first-order chi connectivity index (χ1) is 11.9. The Morgan fingerprint density at radius 3 is 2.28 bits per heavy atom. The zero-order valence-electron chi connectivity index (χ0n) is 15.3. The Morgan fingerprint density at radius 2 is 1.72 bits per heavy atom. The van der Waals surface area contributed by atoms with E-state index in [0.717, 1.165) is 0 Å². The minimum atomic E-state index is -0.265. The molecule has 1 amide bonds. The molecule has 0 saturated heterocycles. The summed E-state index contributed by atoms with van der Waals surface area (Å²) in [6.45, 7) is 6.40. The van der Waals surface area contributed by atoms with Crippen LogP contribution in [-0.4, -0.2) is 26.3 Å². The Labute approximate surface area is 148 Å². The number of benzene rings is 2. The standard InChI is InChI=1S/C20H24N2O3/c1-20(2,3)16-11-9-14(10-12-16)19(23)22-21-13-15-7-6-8-17(24-4)18(15)25-5/h6-13H,1-5H3,(H,22,23). The first-order valence-electron chi connectivity index (χ1n) is 8.01. The molecule has 2 aromatic rings. The Bertz CT molecular complexity index is 760. The third-order valence-corrected chi connectivity index (χ3v) is 3.82. The average molecular weight is 340 g/mol. The van der Waals surface area contributed by atoms with Gasteiger partial charge in [0, 0.05) is 11.1 Å². The highest BCUT2D eigenvalue weighted by molar-refractivity contribution is 5.95. The Morgan fingerprint density at radius 1 is 1.04 bits per heavy atom. The van der Waals surface area contributed by atoms with Crippen LogP contribution in [0.25, 0.3) is 0 Å². The van der Waals surface area contributed by atoms with Gasteiger partial charge in [-0.3, -0.25) is 4.79 Å². The lowest BCUT2D eigenvalue weighted by atomic mass is 9.87. The van der Waals surface area contributed by atoms with Crippen LogP contribution in [0.2, 0.25) is 0 Å². The summed E-state index contributed by atoms with van der Waals surface area (Å²) in [5, 5.41) is 4.01. The van der Waals surface area contributed by atoms with Crippen molar-refractivity contribution >= 4 is 12.1 Å². The van der Waals surface area contributed by atoms with Crippen molar-refractivity contribution in [3.8, 4) is 11.5 Å². The third kappa shape index (κ3) is 4.59. The highest BCUT2D eigenvalue weighted by Crippen LogP contribution is 2.29. The van der Waals surface area contributed by atoms with Gasteiger partial charge in [-0.05, 0) is 35.2 Å². The molecule has 0 aromatic heterocycles. The van der Waals surface area contributed by atoms with E-state index in [-0.39, 0.29) is 11.3 Å². The number of carbonyl (C=O) groups is 1. The molecular formula is C20H24N2O3. The molecule has 0 heterocycles. The maximum absolute atomic E-state index is 12.2. The molecule has 0 radical (unpaired) electrons. The number of para-hydroxylation sites is 1. The van der Waals surface area contributed by atoms with Gasteiger partial charge in [-0.2, -0.15) is 5.10 Å². The van der Waals surface area contributed by atoms with Crippen molar-refractivity contribution in [3.05, 3.63) is 59.2 Å². The van der Waals surface area contributed by atoms with Gasteiger partial charge in [0.1, 0.15) is 0 Å². The van der Waals surface area contributed by atoms with E-state index in [1.54, 1.807) is 32.4 Å². The lowest BCUT2D eigenvalue weighted by Gasteiger charge is -2.18. The molecule has 2 aromatic carbocycles. The minimum absolute atomic E-state index is 0.0517. The Kier molecular flexibility index (Phi) is 5.80. The van der Waals surface area contributed by atoms with Crippen LogP contribution < -0.4 is 14.9 Å². The SMILES string of the molecule is COc1cccc(C=NNC(=O)c2ccc(C(C)(C)C)cc2)c1OC. The highest BCUT2D eigenvalue weighted by Gasteiger charge is 2.14. The van der Waals surface area contributed by atoms with Crippen LogP contribution in [0.3, 0.4) is 0 Å². The molecule has 0 aliphatic rings. The van der Waals surface area contributed by atoms with Gasteiger partial charge in [0.15, 0.2) is 11.5 Å². The zero-order chi connectivity index (χ0) is 18.4. The van der Waals surface area contributed by atoms with Gasteiger partial charge in [0.2, 0.25) is 0 Å². The summed E-state index contributed by atoms with van der Waals surface area (Å²) in [4.78, 5) is 12.2. The quantitative estimate of drug-likeness (QED) is 0.666. The number of hydrogen-bond donors (Lipinski definition) is 1. The zero-order valence-corrected chi connectivity index (χ0v) is 15.3. The molecule has 0 saturated carbocycles. The van der Waals surface area contributed by atoms with Gasteiger partial charge in [-0.25, -0.2) is 5.43 Å². The average Bonchev–Trinajstić information content (AvgIpc) is 2.60. The van der Waals surface area contributed by atoms with E-state index in [4.69, 9.17) is 9.47 Å². The van der Waals surface area contributed by atoms with Crippen LogP contribution in [0.5, 0.6) is 11.5 Å². The lowest BCUT2D eigenvalue weighted by molar-refractivity contribution is 0.0955. The smallest absolute Gasteiger partial charge is 0.271 e. The molecule has 5 heteroatoms. The second-order valence-electron chi connectivity index (χ2n) is 6.61. The second-order valence-corrected chi connectivity index (χ2v) is 6.61. The molecule has 0 bridgehead atoms. The van der Waals surface area contributed by atoms with E-state index >= 15 is 0 Å². The summed E-state index contributed by atoms with van der Waals surface area (Å²) in [7, 11) is 3.13. The van der Waals surface area contributed by atoms with E-state index in [0.29, 0.717) is 22.6 Å². The number of nitrogens with one attached hydrogen (secondary N) is 1. The summed E-state index contributed by atoms with van der Waals surface area (Å²) in [5.74, 6) is 0.909. The third-order valence-electron chi connectivity index (χ3n) is 3.82.